The van der Waals surface area contributed by atoms with Crippen LogP contribution in [0.15, 0.2) is 72.9 Å². The third kappa shape index (κ3) is 49.7. The Morgan fingerprint density at radius 1 is 0.333 bits per heavy atom. The fourth-order valence-corrected chi connectivity index (χ4v) is 7.19. The molecule has 0 heterocycles. The van der Waals surface area contributed by atoms with Crippen molar-refractivity contribution in [2.75, 3.05) is 13.2 Å². The van der Waals surface area contributed by atoms with Gasteiger partial charge in [0.1, 0.15) is 13.2 Å². The smallest absolute Gasteiger partial charge is 0.306 e. The Morgan fingerprint density at radius 2 is 0.619 bits per heavy atom. The first-order chi connectivity index (χ1) is 31.0. The maximum atomic E-state index is 12.8. The molecule has 0 aromatic carbocycles. The maximum absolute atomic E-state index is 12.8. The first-order valence-electron chi connectivity index (χ1n) is 26.4. The fraction of sp³-hybridized carbons (Fsp3) is 0.737. The first-order valence-corrected chi connectivity index (χ1v) is 26.4. The van der Waals surface area contributed by atoms with Gasteiger partial charge in [-0.25, -0.2) is 0 Å². The number of hydrogen-bond acceptors (Lipinski definition) is 6. The summed E-state index contributed by atoms with van der Waals surface area (Å²) in [6.07, 6.45) is 64.5. The Kier molecular flexibility index (Phi) is 48.9. The molecule has 0 aliphatic heterocycles. The number of esters is 3. The highest BCUT2D eigenvalue weighted by atomic mass is 16.6. The highest BCUT2D eigenvalue weighted by molar-refractivity contribution is 5.71. The van der Waals surface area contributed by atoms with Gasteiger partial charge in [-0.05, 0) is 109 Å². The van der Waals surface area contributed by atoms with Crippen LogP contribution < -0.4 is 0 Å². The van der Waals surface area contributed by atoms with E-state index in [-0.39, 0.29) is 31.1 Å². The van der Waals surface area contributed by atoms with Gasteiger partial charge in [0.25, 0.3) is 0 Å². The molecule has 1 unspecified atom stereocenters. The normalized spacial score (nSPS) is 12.6. The lowest BCUT2D eigenvalue weighted by molar-refractivity contribution is -0.167. The highest BCUT2D eigenvalue weighted by Gasteiger charge is 2.19. The maximum Gasteiger partial charge on any atom is 0.306 e. The van der Waals surface area contributed by atoms with Crippen LogP contribution >= 0.6 is 0 Å². The van der Waals surface area contributed by atoms with Crippen molar-refractivity contribution in [2.45, 2.75) is 258 Å². The molecule has 0 fully saturated rings. The minimum absolute atomic E-state index is 0.0936. The largest absolute Gasteiger partial charge is 0.462 e. The van der Waals surface area contributed by atoms with E-state index >= 15 is 0 Å². The predicted octanol–water partition coefficient (Wildman–Crippen LogP) is 17.4. The molecule has 0 aliphatic carbocycles. The Labute approximate surface area is 389 Å². The molecule has 0 aromatic rings. The van der Waals surface area contributed by atoms with Crippen LogP contribution in [0.4, 0.5) is 0 Å². The van der Waals surface area contributed by atoms with Gasteiger partial charge in [-0.1, -0.05) is 196 Å². The zero-order valence-corrected chi connectivity index (χ0v) is 41.3. The highest BCUT2D eigenvalue weighted by Crippen LogP contribution is 2.14. The van der Waals surface area contributed by atoms with Gasteiger partial charge < -0.3 is 14.2 Å². The number of carbonyl (C=O) groups excluding carboxylic acids is 3. The van der Waals surface area contributed by atoms with Crippen LogP contribution in [0, 0.1) is 0 Å². The van der Waals surface area contributed by atoms with Crippen molar-refractivity contribution < 1.29 is 28.6 Å². The zero-order chi connectivity index (χ0) is 45.8. The summed E-state index contributed by atoms with van der Waals surface area (Å²) in [6, 6.07) is 0. The van der Waals surface area contributed by atoms with Crippen molar-refractivity contribution in [3.8, 4) is 0 Å². The van der Waals surface area contributed by atoms with E-state index in [9.17, 15) is 14.4 Å². The molecule has 0 saturated heterocycles. The van der Waals surface area contributed by atoms with Crippen molar-refractivity contribution in [1.82, 2.24) is 0 Å². The van der Waals surface area contributed by atoms with Gasteiger partial charge in [0.2, 0.25) is 0 Å². The average molecular weight is 879 g/mol. The van der Waals surface area contributed by atoms with E-state index in [2.05, 4.69) is 93.7 Å². The van der Waals surface area contributed by atoms with Crippen molar-refractivity contribution in [3.05, 3.63) is 72.9 Å². The van der Waals surface area contributed by atoms with Crippen LogP contribution in [0.3, 0.4) is 0 Å². The second-order valence-electron chi connectivity index (χ2n) is 17.4. The van der Waals surface area contributed by atoms with Crippen molar-refractivity contribution in [2.24, 2.45) is 0 Å². The summed E-state index contributed by atoms with van der Waals surface area (Å²) in [4.78, 5) is 38.0. The molecule has 0 aliphatic rings. The molecule has 0 bridgehead atoms. The average Bonchev–Trinajstić information content (AvgIpc) is 3.28. The molecule has 6 heteroatoms. The second-order valence-corrected chi connectivity index (χ2v) is 17.4. The molecule has 0 aromatic heterocycles. The molecule has 0 amide bonds. The van der Waals surface area contributed by atoms with Gasteiger partial charge in [0, 0.05) is 19.3 Å². The summed E-state index contributed by atoms with van der Waals surface area (Å²) in [5.74, 6) is -0.937. The molecule has 0 rings (SSSR count). The summed E-state index contributed by atoms with van der Waals surface area (Å²) >= 11 is 0. The molecule has 63 heavy (non-hydrogen) atoms. The fourth-order valence-electron chi connectivity index (χ4n) is 7.19. The van der Waals surface area contributed by atoms with Gasteiger partial charge >= 0.3 is 17.9 Å². The molecule has 0 saturated carbocycles. The van der Waals surface area contributed by atoms with Crippen LogP contribution in [0.5, 0.6) is 0 Å². The van der Waals surface area contributed by atoms with Gasteiger partial charge in [-0.15, -0.1) is 0 Å². The Bertz CT molecular complexity index is 1190. The summed E-state index contributed by atoms with van der Waals surface area (Å²) in [7, 11) is 0. The third-order valence-electron chi connectivity index (χ3n) is 11.2. The molecule has 0 radical (unpaired) electrons. The molecule has 1 atom stereocenters. The lowest BCUT2D eigenvalue weighted by Crippen LogP contribution is -2.30. The summed E-state index contributed by atoms with van der Waals surface area (Å²) < 4.78 is 16.8. The lowest BCUT2D eigenvalue weighted by atomic mass is 10.1. The van der Waals surface area contributed by atoms with E-state index in [1.54, 1.807) is 0 Å². The SMILES string of the molecule is CC/C=C\C/C=C\C/C=C\CCCCCCC(=O)OC(COC(=O)CCCCC/C=C\CCCCCCCCC)COC(=O)CCCCCCCCC/C=C\C/C=C\CCCCC. The van der Waals surface area contributed by atoms with Gasteiger partial charge in [-0.2, -0.15) is 0 Å². The summed E-state index contributed by atoms with van der Waals surface area (Å²) in [5.41, 5.74) is 0. The number of rotatable bonds is 47. The van der Waals surface area contributed by atoms with Crippen LogP contribution in [-0.4, -0.2) is 37.2 Å². The molecule has 0 N–H and O–H groups in total. The molecule has 0 spiro atoms. The summed E-state index contributed by atoms with van der Waals surface area (Å²) in [5, 5.41) is 0. The third-order valence-corrected chi connectivity index (χ3v) is 11.2. The molecule has 6 nitrogen and oxygen atoms in total. The van der Waals surface area contributed by atoms with Crippen LogP contribution in [0.1, 0.15) is 252 Å². The number of hydrogen-bond donors (Lipinski definition) is 0. The quantitative estimate of drug-likeness (QED) is 0.0262. The van der Waals surface area contributed by atoms with Crippen LogP contribution in [0.25, 0.3) is 0 Å². The lowest BCUT2D eigenvalue weighted by Gasteiger charge is -2.18. The van der Waals surface area contributed by atoms with Gasteiger partial charge in [0.05, 0.1) is 0 Å². The molecular formula is C57H98O6. The van der Waals surface area contributed by atoms with E-state index in [0.29, 0.717) is 19.3 Å². The van der Waals surface area contributed by atoms with E-state index < -0.39 is 6.10 Å². The van der Waals surface area contributed by atoms with E-state index in [0.717, 1.165) is 116 Å². The monoisotopic (exact) mass is 879 g/mol. The Morgan fingerprint density at radius 3 is 1.03 bits per heavy atom. The van der Waals surface area contributed by atoms with Crippen LogP contribution in [-0.2, 0) is 28.6 Å². The zero-order valence-electron chi connectivity index (χ0n) is 41.3. The number of carbonyl (C=O) groups is 3. The number of allylic oxidation sites excluding steroid dienone is 12. The number of ether oxygens (including phenoxy) is 3. The van der Waals surface area contributed by atoms with Crippen molar-refractivity contribution >= 4 is 17.9 Å². The Balaban J connectivity index is 4.44. The van der Waals surface area contributed by atoms with Gasteiger partial charge in [-0.3, -0.25) is 14.4 Å². The Hall–Kier alpha value is -3.15. The second kappa shape index (κ2) is 51.5. The number of unbranched alkanes of at least 4 members (excludes halogenated alkanes) is 24. The van der Waals surface area contributed by atoms with E-state index in [1.807, 2.05) is 0 Å². The minimum atomic E-state index is -0.796. The first kappa shape index (κ1) is 59.9. The predicted molar refractivity (Wildman–Crippen MR) is 270 cm³/mol. The van der Waals surface area contributed by atoms with E-state index in [4.69, 9.17) is 14.2 Å². The molecule has 362 valence electrons. The minimum Gasteiger partial charge on any atom is -0.462 e. The van der Waals surface area contributed by atoms with Crippen molar-refractivity contribution in [1.29, 1.82) is 0 Å². The van der Waals surface area contributed by atoms with E-state index in [1.165, 1.54) is 96.3 Å². The van der Waals surface area contributed by atoms with Crippen molar-refractivity contribution in [3.63, 3.8) is 0 Å². The van der Waals surface area contributed by atoms with Gasteiger partial charge in [0.15, 0.2) is 6.10 Å². The molecular weight excluding hydrogens is 781 g/mol. The summed E-state index contributed by atoms with van der Waals surface area (Å²) in [6.45, 7) is 6.46. The standard InChI is InChI=1S/C57H98O6/c1-4-7-10-13-16-19-22-25-28-29-30-33-35-38-41-44-47-50-56(59)62-53-54(63-57(60)51-48-45-42-39-36-32-27-24-21-18-15-12-9-6-3)52-61-55(58)49-46-43-40-37-34-31-26-23-20-17-14-11-8-5-2/h9,12,16,18-19,21,25,27-28,31-32,34,54H,4-8,10-11,13-15,17,20,22-24,26,29-30,33,35-53H2,1-3H3/b12-9-,19-16-,21-18-,28-25-,32-27-,34-31-. The van der Waals surface area contributed by atoms with Crippen LogP contribution in [0.2, 0.25) is 0 Å². The topological polar surface area (TPSA) is 78.9 Å².